The highest BCUT2D eigenvalue weighted by atomic mass is 16.1. The van der Waals surface area contributed by atoms with Crippen LogP contribution in [0.1, 0.15) is 10.4 Å². The summed E-state index contributed by atoms with van der Waals surface area (Å²) in [4.78, 5) is 15.8. The molecule has 0 aliphatic carbocycles. The molecule has 2 N–H and O–H groups in total. The zero-order valence-electron chi connectivity index (χ0n) is 12.1. The predicted molar refractivity (Wildman–Crippen MR) is 89.2 cm³/mol. The lowest BCUT2D eigenvalue weighted by Gasteiger charge is -2.08. The van der Waals surface area contributed by atoms with Crippen molar-refractivity contribution in [2.24, 2.45) is 7.05 Å². The van der Waals surface area contributed by atoms with Gasteiger partial charge in [-0.05, 0) is 30.3 Å². The molecule has 0 aliphatic heterocycles. The minimum atomic E-state index is -0.0982. The Labute approximate surface area is 127 Å². The van der Waals surface area contributed by atoms with E-state index in [0.29, 0.717) is 5.56 Å². The first kappa shape index (κ1) is 12.7. The van der Waals surface area contributed by atoms with Crippen LogP contribution in [0.2, 0.25) is 0 Å². The van der Waals surface area contributed by atoms with E-state index in [9.17, 15) is 4.79 Å². The fraction of sp³-hybridized carbons (Fsp3) is 0.0556. The summed E-state index contributed by atoms with van der Waals surface area (Å²) in [6.07, 6.45) is 3.84. The van der Waals surface area contributed by atoms with Crippen LogP contribution in [0.5, 0.6) is 0 Å². The third-order valence-corrected chi connectivity index (χ3v) is 4.01. The number of carbonyl (C=O) groups is 1. The molecule has 108 valence electrons. The smallest absolute Gasteiger partial charge is 0.256 e. The van der Waals surface area contributed by atoms with Gasteiger partial charge in [0.25, 0.3) is 5.91 Å². The highest BCUT2D eigenvalue weighted by molar-refractivity contribution is 6.14. The van der Waals surface area contributed by atoms with Gasteiger partial charge in [0, 0.05) is 41.3 Å². The van der Waals surface area contributed by atoms with Crippen LogP contribution < -0.4 is 5.32 Å². The summed E-state index contributed by atoms with van der Waals surface area (Å²) in [6, 6.07) is 15.6. The van der Waals surface area contributed by atoms with Crippen molar-refractivity contribution in [1.29, 1.82) is 0 Å². The fourth-order valence-corrected chi connectivity index (χ4v) is 2.88. The van der Waals surface area contributed by atoms with E-state index in [0.717, 1.165) is 27.5 Å². The molecule has 0 saturated heterocycles. The van der Waals surface area contributed by atoms with E-state index in [-0.39, 0.29) is 5.91 Å². The quantitative estimate of drug-likeness (QED) is 0.577. The Kier molecular flexibility index (Phi) is 2.76. The number of benzene rings is 2. The maximum Gasteiger partial charge on any atom is 0.256 e. The first-order chi connectivity index (χ1) is 10.7. The molecular weight excluding hydrogens is 274 g/mol. The summed E-state index contributed by atoms with van der Waals surface area (Å²) in [5, 5.41) is 5.05. The summed E-state index contributed by atoms with van der Waals surface area (Å²) < 4.78 is 2.01. The molecule has 2 aromatic carbocycles. The lowest BCUT2D eigenvalue weighted by atomic mass is 10.1. The molecule has 0 atom stereocenters. The Hall–Kier alpha value is -3.01. The van der Waals surface area contributed by atoms with Gasteiger partial charge in [-0.1, -0.05) is 18.2 Å². The van der Waals surface area contributed by atoms with Crippen molar-refractivity contribution < 1.29 is 4.79 Å². The van der Waals surface area contributed by atoms with Gasteiger partial charge in [-0.3, -0.25) is 4.79 Å². The van der Waals surface area contributed by atoms with E-state index >= 15 is 0 Å². The van der Waals surface area contributed by atoms with Crippen LogP contribution in [0, 0.1) is 0 Å². The molecule has 0 unspecified atom stereocenters. The topological polar surface area (TPSA) is 49.8 Å². The fourth-order valence-electron chi connectivity index (χ4n) is 2.88. The summed E-state index contributed by atoms with van der Waals surface area (Å²) in [5.74, 6) is -0.0982. The van der Waals surface area contributed by atoms with Gasteiger partial charge in [0.1, 0.15) is 0 Å². The molecular formula is C18H15N3O. The monoisotopic (exact) mass is 289 g/mol. The standard InChI is InChI=1S/C18H15N3O/c1-21-11-9-13-14(5-3-7-16(13)21)18(22)20-15-6-2-4-12-8-10-19-17(12)15/h2-11,19H,1H3,(H,20,22). The van der Waals surface area contributed by atoms with Crippen LogP contribution in [-0.4, -0.2) is 15.5 Å². The number of para-hydroxylation sites is 1. The molecule has 0 aliphatic rings. The Balaban J connectivity index is 1.76. The van der Waals surface area contributed by atoms with Gasteiger partial charge < -0.3 is 14.9 Å². The maximum absolute atomic E-state index is 12.7. The number of carbonyl (C=O) groups excluding carboxylic acids is 1. The normalized spacial score (nSPS) is 11.1. The Morgan fingerprint density at radius 2 is 1.95 bits per heavy atom. The second-order valence-electron chi connectivity index (χ2n) is 5.37. The molecule has 0 saturated carbocycles. The number of aryl methyl sites for hydroxylation is 1. The van der Waals surface area contributed by atoms with E-state index in [4.69, 9.17) is 0 Å². The highest BCUT2D eigenvalue weighted by Crippen LogP contribution is 2.24. The van der Waals surface area contributed by atoms with Crippen molar-refractivity contribution >= 4 is 33.4 Å². The molecule has 1 amide bonds. The number of aromatic nitrogens is 2. The van der Waals surface area contributed by atoms with Crippen molar-refractivity contribution in [1.82, 2.24) is 9.55 Å². The summed E-state index contributed by atoms with van der Waals surface area (Å²) >= 11 is 0. The van der Waals surface area contributed by atoms with E-state index in [1.165, 1.54) is 0 Å². The number of fused-ring (bicyclic) bond motifs is 2. The number of hydrogen-bond acceptors (Lipinski definition) is 1. The molecule has 2 aromatic heterocycles. The molecule has 4 nitrogen and oxygen atoms in total. The number of amides is 1. The second kappa shape index (κ2) is 4.77. The van der Waals surface area contributed by atoms with Gasteiger partial charge in [-0.15, -0.1) is 0 Å². The SMILES string of the molecule is Cn1ccc2c(C(=O)Nc3cccc4cc[nH]c34)cccc21. The summed E-state index contributed by atoms with van der Waals surface area (Å²) in [7, 11) is 1.98. The summed E-state index contributed by atoms with van der Waals surface area (Å²) in [6.45, 7) is 0. The van der Waals surface area contributed by atoms with Gasteiger partial charge in [-0.2, -0.15) is 0 Å². The van der Waals surface area contributed by atoms with E-state index in [1.807, 2.05) is 72.5 Å². The largest absolute Gasteiger partial charge is 0.359 e. The average molecular weight is 289 g/mol. The Morgan fingerprint density at radius 1 is 1.09 bits per heavy atom. The van der Waals surface area contributed by atoms with Crippen LogP contribution in [0.15, 0.2) is 60.9 Å². The number of rotatable bonds is 2. The first-order valence-corrected chi connectivity index (χ1v) is 7.15. The number of H-pyrrole nitrogens is 1. The molecule has 4 rings (SSSR count). The number of aromatic amines is 1. The van der Waals surface area contributed by atoms with Gasteiger partial charge in [0.05, 0.1) is 11.2 Å². The minimum Gasteiger partial charge on any atom is -0.359 e. The van der Waals surface area contributed by atoms with E-state index in [1.54, 1.807) is 0 Å². The average Bonchev–Trinajstić information content (AvgIpc) is 3.15. The molecule has 4 heteroatoms. The second-order valence-corrected chi connectivity index (χ2v) is 5.37. The zero-order valence-corrected chi connectivity index (χ0v) is 12.1. The minimum absolute atomic E-state index is 0.0982. The Morgan fingerprint density at radius 3 is 2.86 bits per heavy atom. The number of hydrogen-bond donors (Lipinski definition) is 2. The van der Waals surface area contributed by atoms with Crippen molar-refractivity contribution in [2.45, 2.75) is 0 Å². The lowest BCUT2D eigenvalue weighted by Crippen LogP contribution is -2.12. The first-order valence-electron chi connectivity index (χ1n) is 7.15. The Bertz CT molecular complexity index is 994. The van der Waals surface area contributed by atoms with Crippen LogP contribution in [0.25, 0.3) is 21.8 Å². The molecule has 0 fully saturated rings. The number of anilines is 1. The maximum atomic E-state index is 12.7. The van der Waals surface area contributed by atoms with Crippen LogP contribution in [0.3, 0.4) is 0 Å². The zero-order chi connectivity index (χ0) is 15.1. The third kappa shape index (κ3) is 1.89. The van der Waals surface area contributed by atoms with Gasteiger partial charge in [0.15, 0.2) is 0 Å². The molecule has 0 radical (unpaired) electrons. The van der Waals surface area contributed by atoms with Crippen LogP contribution in [0.4, 0.5) is 5.69 Å². The predicted octanol–water partition coefficient (Wildman–Crippen LogP) is 3.91. The molecule has 4 aromatic rings. The van der Waals surface area contributed by atoms with Crippen molar-refractivity contribution in [3.63, 3.8) is 0 Å². The van der Waals surface area contributed by atoms with Crippen molar-refractivity contribution in [3.8, 4) is 0 Å². The van der Waals surface area contributed by atoms with Crippen LogP contribution >= 0.6 is 0 Å². The van der Waals surface area contributed by atoms with Gasteiger partial charge in [0.2, 0.25) is 0 Å². The third-order valence-electron chi connectivity index (χ3n) is 4.01. The van der Waals surface area contributed by atoms with E-state index in [2.05, 4.69) is 10.3 Å². The number of nitrogens with zero attached hydrogens (tertiary/aromatic N) is 1. The van der Waals surface area contributed by atoms with Gasteiger partial charge >= 0.3 is 0 Å². The van der Waals surface area contributed by atoms with E-state index < -0.39 is 0 Å². The van der Waals surface area contributed by atoms with Crippen LogP contribution in [-0.2, 0) is 7.05 Å². The molecule has 2 heterocycles. The molecule has 0 bridgehead atoms. The van der Waals surface area contributed by atoms with Gasteiger partial charge in [-0.25, -0.2) is 0 Å². The van der Waals surface area contributed by atoms with Crippen molar-refractivity contribution in [2.75, 3.05) is 5.32 Å². The molecule has 22 heavy (non-hydrogen) atoms. The summed E-state index contributed by atoms with van der Waals surface area (Å²) in [5.41, 5.74) is 3.46. The molecule has 0 spiro atoms. The number of nitrogens with one attached hydrogen (secondary N) is 2. The van der Waals surface area contributed by atoms with Crippen molar-refractivity contribution in [3.05, 3.63) is 66.5 Å². The highest BCUT2D eigenvalue weighted by Gasteiger charge is 2.13. The lowest BCUT2D eigenvalue weighted by molar-refractivity contribution is 0.102.